The number of para-hydroxylation sites is 1. The van der Waals surface area contributed by atoms with Gasteiger partial charge in [0, 0.05) is 46.9 Å². The number of nitrogens with zero attached hydrogens (tertiary/aromatic N) is 1. The van der Waals surface area contributed by atoms with Crippen LogP contribution in [-0.4, -0.2) is 86.0 Å². The van der Waals surface area contributed by atoms with Crippen molar-refractivity contribution >= 4 is 16.9 Å². The molecule has 3 aromatic rings. The minimum absolute atomic E-state index is 0.00302. The molecular weight excluding hydrogens is 589 g/mol. The molecule has 0 saturated heterocycles. The first-order valence-electron chi connectivity index (χ1n) is 15.5. The second kappa shape index (κ2) is 15.4. The van der Waals surface area contributed by atoms with Gasteiger partial charge in [0.05, 0.1) is 44.7 Å². The van der Waals surface area contributed by atoms with Crippen LogP contribution in [0.1, 0.15) is 64.4 Å². The lowest BCUT2D eigenvalue weighted by molar-refractivity contribution is -0.149. The van der Waals surface area contributed by atoms with E-state index in [1.807, 2.05) is 49.9 Å². The largest absolute Gasteiger partial charge is 0.491 e. The van der Waals surface area contributed by atoms with Crippen molar-refractivity contribution in [1.29, 1.82) is 0 Å². The Hall–Kier alpha value is -3.12. The summed E-state index contributed by atoms with van der Waals surface area (Å²) in [6.07, 6.45) is 0.0656. The number of hydrogen-bond donors (Lipinski definition) is 1. The zero-order valence-electron chi connectivity index (χ0n) is 27.0. The number of halogens is 3. The minimum atomic E-state index is -1.58. The summed E-state index contributed by atoms with van der Waals surface area (Å²) in [5.41, 5.74) is 0.813. The van der Waals surface area contributed by atoms with Gasteiger partial charge in [-0.05, 0) is 59.6 Å². The third-order valence-corrected chi connectivity index (χ3v) is 7.93. The van der Waals surface area contributed by atoms with Crippen LogP contribution in [0, 0.1) is 11.6 Å². The van der Waals surface area contributed by atoms with Gasteiger partial charge < -0.3 is 28.7 Å². The highest BCUT2D eigenvalue weighted by Gasteiger charge is 2.41. The molecule has 1 aliphatic rings. The van der Waals surface area contributed by atoms with Gasteiger partial charge in [-0.15, -0.1) is 0 Å². The fourth-order valence-corrected chi connectivity index (χ4v) is 5.72. The molecule has 45 heavy (non-hydrogen) atoms. The molecule has 11 heteroatoms. The van der Waals surface area contributed by atoms with Gasteiger partial charge >= 0.3 is 5.97 Å². The van der Waals surface area contributed by atoms with Gasteiger partial charge in [-0.3, -0.25) is 4.90 Å². The van der Waals surface area contributed by atoms with Crippen molar-refractivity contribution in [3.05, 3.63) is 64.9 Å². The highest BCUT2D eigenvalue weighted by molar-refractivity contribution is 5.85. The molecule has 0 bridgehead atoms. The first-order valence-corrected chi connectivity index (χ1v) is 15.5. The van der Waals surface area contributed by atoms with Crippen LogP contribution in [0.3, 0.4) is 0 Å². The van der Waals surface area contributed by atoms with Crippen molar-refractivity contribution < 1.29 is 41.7 Å². The fraction of sp³-hybridized carbons (Fsp3) is 0.559. The number of carbonyl (C=O) groups is 1. The van der Waals surface area contributed by atoms with Crippen LogP contribution in [0.15, 0.2) is 36.4 Å². The third kappa shape index (κ3) is 9.00. The molecule has 0 fully saturated rings. The molecule has 1 aliphatic heterocycles. The van der Waals surface area contributed by atoms with Crippen molar-refractivity contribution in [3.63, 3.8) is 0 Å². The number of carbonyl (C=O) groups excluding carboxylic acids is 1. The molecule has 0 amide bonds. The number of rotatable bonds is 16. The van der Waals surface area contributed by atoms with E-state index in [9.17, 15) is 4.79 Å². The average molecular weight is 635 g/mol. The molecule has 4 rings (SSSR count). The maximum atomic E-state index is 15.8. The molecule has 4 atom stereocenters. The van der Waals surface area contributed by atoms with Crippen molar-refractivity contribution in [2.45, 2.75) is 77.9 Å². The lowest BCUT2D eigenvalue weighted by atomic mass is 9.87. The van der Waals surface area contributed by atoms with E-state index < -0.39 is 29.3 Å². The van der Waals surface area contributed by atoms with E-state index in [2.05, 4.69) is 4.98 Å². The molecule has 0 aliphatic carbocycles. The second-order valence-corrected chi connectivity index (χ2v) is 12.1. The molecule has 1 aromatic heterocycles. The Labute approximate surface area is 263 Å². The van der Waals surface area contributed by atoms with Gasteiger partial charge in [-0.25, -0.2) is 18.0 Å². The zero-order valence-corrected chi connectivity index (χ0v) is 27.0. The summed E-state index contributed by atoms with van der Waals surface area (Å²) < 4.78 is 73.8. The number of hydrogen-bond acceptors (Lipinski definition) is 7. The number of fused-ring (bicyclic) bond motifs is 3. The maximum absolute atomic E-state index is 15.8. The van der Waals surface area contributed by atoms with Crippen molar-refractivity contribution in [2.24, 2.45) is 0 Å². The Morgan fingerprint density at radius 3 is 2.33 bits per heavy atom. The van der Waals surface area contributed by atoms with Crippen molar-refractivity contribution in [2.75, 3.05) is 46.2 Å². The van der Waals surface area contributed by atoms with E-state index in [0.717, 1.165) is 16.5 Å². The maximum Gasteiger partial charge on any atom is 0.332 e. The Morgan fingerprint density at radius 2 is 1.69 bits per heavy atom. The van der Waals surface area contributed by atoms with Crippen LogP contribution >= 0.6 is 0 Å². The molecule has 0 radical (unpaired) electrons. The normalized spacial score (nSPS) is 18.5. The van der Waals surface area contributed by atoms with Crippen molar-refractivity contribution in [3.8, 4) is 5.75 Å². The number of benzene rings is 2. The number of alkyl halides is 1. The summed E-state index contributed by atoms with van der Waals surface area (Å²) in [5, 5.41) is 1.00. The average Bonchev–Trinajstić information content (AvgIpc) is 3.33. The van der Waals surface area contributed by atoms with E-state index >= 15 is 13.2 Å². The minimum Gasteiger partial charge on any atom is -0.491 e. The predicted octanol–water partition coefficient (Wildman–Crippen LogP) is 6.30. The smallest absolute Gasteiger partial charge is 0.332 e. The van der Waals surface area contributed by atoms with Crippen LogP contribution in [0.25, 0.3) is 10.9 Å². The first kappa shape index (κ1) is 34.7. The number of nitrogens with one attached hydrogen (secondary N) is 1. The quantitative estimate of drug-likeness (QED) is 0.146. The lowest BCUT2D eigenvalue weighted by Crippen LogP contribution is -2.48. The summed E-state index contributed by atoms with van der Waals surface area (Å²) in [4.78, 5) is 16.5. The van der Waals surface area contributed by atoms with Gasteiger partial charge in [0.2, 0.25) is 0 Å². The predicted molar refractivity (Wildman–Crippen MR) is 165 cm³/mol. The summed E-state index contributed by atoms with van der Waals surface area (Å²) in [6, 6.07) is 9.10. The molecule has 0 unspecified atom stereocenters. The van der Waals surface area contributed by atoms with Crippen LogP contribution in [0.4, 0.5) is 13.2 Å². The van der Waals surface area contributed by atoms with Gasteiger partial charge in [-0.1, -0.05) is 18.2 Å². The summed E-state index contributed by atoms with van der Waals surface area (Å²) >= 11 is 0. The SMILES string of the molecule is CCOC(=O)COCCO[C@@H](C)[C@H](C)OCCOc1cc(F)c([C@@H]2c3[nH]c4ccccc4c3C[C@@H](C)N2CC(C)(C)F)c(F)c1. The van der Waals surface area contributed by atoms with Crippen LogP contribution in [0.2, 0.25) is 0 Å². The molecular formula is C34H45F3N2O6. The number of ether oxygens (including phenoxy) is 5. The lowest BCUT2D eigenvalue weighted by Gasteiger charge is -2.43. The Kier molecular flexibility index (Phi) is 11.9. The van der Waals surface area contributed by atoms with Crippen LogP contribution in [-0.2, 0) is 30.2 Å². The van der Waals surface area contributed by atoms with Gasteiger partial charge in [0.25, 0.3) is 0 Å². The zero-order chi connectivity index (χ0) is 32.7. The molecule has 1 N–H and O–H groups in total. The number of aromatic amines is 1. The first-order chi connectivity index (χ1) is 21.4. The van der Waals surface area contributed by atoms with Crippen LogP contribution in [0.5, 0.6) is 5.75 Å². The number of H-pyrrole nitrogens is 1. The van der Waals surface area contributed by atoms with E-state index in [1.54, 1.807) is 6.92 Å². The van der Waals surface area contributed by atoms with Gasteiger partial charge in [-0.2, -0.15) is 0 Å². The number of aromatic nitrogens is 1. The number of esters is 1. The van der Waals surface area contributed by atoms with Gasteiger partial charge in [0.1, 0.15) is 36.3 Å². The van der Waals surface area contributed by atoms with E-state index in [0.29, 0.717) is 18.7 Å². The monoisotopic (exact) mass is 634 g/mol. The fourth-order valence-electron chi connectivity index (χ4n) is 5.72. The molecule has 2 heterocycles. The van der Waals surface area contributed by atoms with Crippen LogP contribution < -0.4 is 4.74 Å². The Balaban J connectivity index is 1.39. The summed E-state index contributed by atoms with van der Waals surface area (Å²) in [6.45, 7) is 11.2. The van der Waals surface area contributed by atoms with E-state index in [-0.39, 0.29) is 69.1 Å². The molecule has 0 saturated carbocycles. The molecule has 0 spiro atoms. The van der Waals surface area contributed by atoms with Crippen molar-refractivity contribution in [1.82, 2.24) is 9.88 Å². The topological polar surface area (TPSA) is 82.3 Å². The van der Waals surface area contributed by atoms with E-state index in [1.165, 1.54) is 26.0 Å². The highest BCUT2D eigenvalue weighted by atomic mass is 19.1. The summed E-state index contributed by atoms with van der Waals surface area (Å²) in [7, 11) is 0. The molecule has 2 aromatic carbocycles. The highest BCUT2D eigenvalue weighted by Crippen LogP contribution is 2.43. The van der Waals surface area contributed by atoms with Gasteiger partial charge in [0.15, 0.2) is 0 Å². The Morgan fingerprint density at radius 1 is 1.04 bits per heavy atom. The molecule has 248 valence electrons. The Bertz CT molecular complexity index is 1400. The standard InChI is InChI=1S/C34H45F3N2O6/c1-7-42-30(40)19-41-12-13-43-22(3)23(4)44-14-15-45-24-17-27(35)31(28(36)18-24)33-32-26(25-10-8-9-11-29(25)38-32)16-21(2)39(33)20-34(5,6)37/h8-11,17-18,21-23,33,38H,7,12-16,19-20H2,1-6H3/t21-,22+,23+,33-/m1/s1. The second-order valence-electron chi connectivity index (χ2n) is 12.1. The summed E-state index contributed by atoms with van der Waals surface area (Å²) in [5.74, 6) is -1.92. The third-order valence-electron chi connectivity index (χ3n) is 7.93. The molecule has 8 nitrogen and oxygen atoms in total. The van der Waals surface area contributed by atoms with E-state index in [4.69, 9.17) is 23.7 Å².